The molecule has 0 fully saturated rings. The molecule has 2 nitrogen and oxygen atoms in total. The third-order valence-electron chi connectivity index (χ3n) is 3.25. The number of fused-ring (bicyclic) bond motifs is 5. The predicted molar refractivity (Wildman–Crippen MR) is 70.9 cm³/mol. The standard InChI is InChI=1S/C13H10N2S.H2/c1-2-4-10-8(3-1)9-5-6-11-13(12(9)15-10)16-7-14-11;/h2,4-7,15H,1,3H2;1H. The van der Waals surface area contributed by atoms with E-state index >= 15 is 0 Å². The largest absolute Gasteiger partial charge is 0.354 e. The second kappa shape index (κ2) is 2.95. The molecular weight excluding hydrogens is 216 g/mol. The number of allylic oxidation sites excluding steroid dienone is 1. The van der Waals surface area contributed by atoms with E-state index in [-0.39, 0.29) is 1.43 Å². The van der Waals surface area contributed by atoms with Crippen LogP contribution in [0.5, 0.6) is 0 Å². The molecule has 3 heteroatoms. The Morgan fingerprint density at radius 2 is 2.38 bits per heavy atom. The van der Waals surface area contributed by atoms with E-state index in [0.717, 1.165) is 18.4 Å². The van der Waals surface area contributed by atoms with Crippen molar-refractivity contribution >= 4 is 38.5 Å². The maximum atomic E-state index is 4.36. The first-order valence-corrected chi connectivity index (χ1v) is 6.35. The van der Waals surface area contributed by atoms with Crippen LogP contribution in [0.25, 0.3) is 27.2 Å². The van der Waals surface area contributed by atoms with Crippen molar-refractivity contribution in [1.82, 2.24) is 9.97 Å². The van der Waals surface area contributed by atoms with Gasteiger partial charge < -0.3 is 4.98 Å². The predicted octanol–water partition coefficient (Wildman–Crippen LogP) is 3.98. The highest BCUT2D eigenvalue weighted by atomic mass is 32.1. The Labute approximate surface area is 98.1 Å². The molecule has 2 heterocycles. The van der Waals surface area contributed by atoms with Gasteiger partial charge in [-0.1, -0.05) is 12.1 Å². The highest BCUT2D eigenvalue weighted by Gasteiger charge is 2.14. The average Bonchev–Trinajstić information content (AvgIpc) is 2.92. The summed E-state index contributed by atoms with van der Waals surface area (Å²) in [5.41, 5.74) is 7.02. The van der Waals surface area contributed by atoms with Crippen LogP contribution in [0.3, 0.4) is 0 Å². The lowest BCUT2D eigenvalue weighted by atomic mass is 10.0. The lowest BCUT2D eigenvalue weighted by Gasteiger charge is -2.03. The van der Waals surface area contributed by atoms with Crippen LogP contribution in [-0.4, -0.2) is 9.97 Å². The monoisotopic (exact) mass is 228 g/mol. The van der Waals surface area contributed by atoms with Crippen LogP contribution in [0.15, 0.2) is 23.7 Å². The van der Waals surface area contributed by atoms with Crippen molar-refractivity contribution in [1.29, 1.82) is 0 Å². The molecule has 0 unspecified atom stereocenters. The molecule has 0 spiro atoms. The fourth-order valence-corrected chi connectivity index (χ4v) is 3.29. The molecule has 2 aromatic heterocycles. The minimum atomic E-state index is 0. The number of aromatic nitrogens is 2. The highest BCUT2D eigenvalue weighted by Crippen LogP contribution is 2.33. The Bertz CT molecular complexity index is 724. The summed E-state index contributed by atoms with van der Waals surface area (Å²) < 4.78 is 1.28. The number of hydrogen-bond donors (Lipinski definition) is 1. The molecule has 0 aliphatic heterocycles. The third-order valence-corrected chi connectivity index (χ3v) is 4.11. The molecule has 0 atom stereocenters. The third kappa shape index (κ3) is 0.985. The van der Waals surface area contributed by atoms with Crippen LogP contribution < -0.4 is 0 Å². The number of aryl methyl sites for hydroxylation is 1. The number of hydrogen-bond acceptors (Lipinski definition) is 2. The number of rotatable bonds is 0. The number of nitrogens with zero attached hydrogens (tertiary/aromatic N) is 1. The number of aromatic amines is 1. The number of benzene rings is 1. The second-order valence-corrected chi connectivity index (χ2v) is 5.00. The molecular formula is C13H12N2S. The highest BCUT2D eigenvalue weighted by molar-refractivity contribution is 7.17. The first-order valence-electron chi connectivity index (χ1n) is 5.47. The Hall–Kier alpha value is -1.61. The molecule has 1 aromatic carbocycles. The summed E-state index contributed by atoms with van der Waals surface area (Å²) in [5, 5.41) is 1.37. The van der Waals surface area contributed by atoms with E-state index in [4.69, 9.17) is 0 Å². The van der Waals surface area contributed by atoms with E-state index in [1.165, 1.54) is 26.9 Å². The van der Waals surface area contributed by atoms with Crippen molar-refractivity contribution in [2.75, 3.05) is 0 Å². The fourth-order valence-electron chi connectivity index (χ4n) is 2.50. The van der Waals surface area contributed by atoms with Gasteiger partial charge >= 0.3 is 0 Å². The molecule has 3 aromatic rings. The van der Waals surface area contributed by atoms with E-state index in [0.29, 0.717) is 0 Å². The zero-order valence-electron chi connectivity index (χ0n) is 8.66. The van der Waals surface area contributed by atoms with E-state index in [1.54, 1.807) is 11.3 Å². The minimum absolute atomic E-state index is 0. The Morgan fingerprint density at radius 1 is 1.38 bits per heavy atom. The van der Waals surface area contributed by atoms with Gasteiger partial charge in [-0.15, -0.1) is 11.3 Å². The van der Waals surface area contributed by atoms with E-state index in [9.17, 15) is 0 Å². The number of H-pyrrole nitrogens is 1. The molecule has 16 heavy (non-hydrogen) atoms. The smallest absolute Gasteiger partial charge is 0.0833 e. The van der Waals surface area contributed by atoms with Crippen LogP contribution in [0.2, 0.25) is 0 Å². The summed E-state index contributed by atoms with van der Waals surface area (Å²) in [5.74, 6) is 0. The lowest BCUT2D eigenvalue weighted by molar-refractivity contribution is 0.992. The van der Waals surface area contributed by atoms with E-state index < -0.39 is 0 Å². The molecule has 1 aliphatic rings. The van der Waals surface area contributed by atoms with Gasteiger partial charge in [0.05, 0.1) is 21.2 Å². The van der Waals surface area contributed by atoms with Crippen molar-refractivity contribution in [2.45, 2.75) is 12.8 Å². The molecule has 0 bridgehead atoms. The fraction of sp³-hybridized carbons (Fsp3) is 0.154. The number of thiazole rings is 1. The topological polar surface area (TPSA) is 28.7 Å². The molecule has 0 radical (unpaired) electrons. The Morgan fingerprint density at radius 3 is 3.38 bits per heavy atom. The quantitative estimate of drug-likeness (QED) is 0.619. The van der Waals surface area contributed by atoms with Gasteiger partial charge in [-0.3, -0.25) is 0 Å². The van der Waals surface area contributed by atoms with Crippen molar-refractivity contribution in [3.63, 3.8) is 0 Å². The van der Waals surface area contributed by atoms with Gasteiger partial charge in [0.15, 0.2) is 0 Å². The maximum absolute atomic E-state index is 4.36. The average molecular weight is 228 g/mol. The molecule has 1 aliphatic carbocycles. The van der Waals surface area contributed by atoms with Crippen LogP contribution in [0, 0.1) is 0 Å². The zero-order chi connectivity index (χ0) is 10.5. The van der Waals surface area contributed by atoms with Gasteiger partial charge in [0.2, 0.25) is 0 Å². The molecule has 4 rings (SSSR count). The van der Waals surface area contributed by atoms with Crippen molar-refractivity contribution < 1.29 is 1.43 Å². The van der Waals surface area contributed by atoms with Crippen LogP contribution >= 0.6 is 11.3 Å². The molecule has 0 amide bonds. The van der Waals surface area contributed by atoms with Gasteiger partial charge in [-0.25, -0.2) is 4.98 Å². The summed E-state index contributed by atoms with van der Waals surface area (Å²) in [7, 11) is 0. The molecule has 80 valence electrons. The van der Waals surface area contributed by atoms with Crippen LogP contribution in [0.4, 0.5) is 0 Å². The Balaban J connectivity index is 0.000000902. The number of nitrogens with one attached hydrogen (secondary N) is 1. The van der Waals surface area contributed by atoms with E-state index in [1.807, 2.05) is 5.51 Å². The van der Waals surface area contributed by atoms with E-state index in [2.05, 4.69) is 34.3 Å². The van der Waals surface area contributed by atoms with Crippen molar-refractivity contribution in [2.24, 2.45) is 0 Å². The summed E-state index contributed by atoms with van der Waals surface area (Å²) in [6.07, 6.45) is 6.74. The van der Waals surface area contributed by atoms with Gasteiger partial charge in [0.25, 0.3) is 0 Å². The summed E-state index contributed by atoms with van der Waals surface area (Å²) in [6, 6.07) is 4.33. The molecule has 0 saturated carbocycles. The molecule has 1 N–H and O–H groups in total. The lowest BCUT2D eigenvalue weighted by Crippen LogP contribution is -1.89. The summed E-state index contributed by atoms with van der Waals surface area (Å²) in [6.45, 7) is 0. The van der Waals surface area contributed by atoms with Crippen molar-refractivity contribution in [3.8, 4) is 0 Å². The first-order chi connectivity index (χ1) is 7.93. The summed E-state index contributed by atoms with van der Waals surface area (Å²) in [4.78, 5) is 7.88. The van der Waals surface area contributed by atoms with Gasteiger partial charge in [-0.2, -0.15) is 0 Å². The molecule has 0 saturated heterocycles. The first kappa shape index (κ1) is 8.53. The normalized spacial score (nSPS) is 14.8. The van der Waals surface area contributed by atoms with Crippen LogP contribution in [0.1, 0.15) is 19.1 Å². The maximum Gasteiger partial charge on any atom is 0.0833 e. The van der Waals surface area contributed by atoms with Gasteiger partial charge in [0.1, 0.15) is 0 Å². The SMILES string of the molecule is C1=Cc2[nH]c3c(ccc4ncsc43)c2CC1.[HH]. The zero-order valence-corrected chi connectivity index (χ0v) is 9.47. The van der Waals surface area contributed by atoms with Gasteiger partial charge in [-0.05, 0) is 30.5 Å². The minimum Gasteiger partial charge on any atom is -0.354 e. The summed E-state index contributed by atoms with van der Waals surface area (Å²) >= 11 is 1.71. The van der Waals surface area contributed by atoms with Crippen molar-refractivity contribution in [3.05, 3.63) is 35.0 Å². The van der Waals surface area contributed by atoms with Crippen LogP contribution in [-0.2, 0) is 6.42 Å². The van der Waals surface area contributed by atoms with Gasteiger partial charge in [0, 0.05) is 12.5 Å². The Kier molecular flexibility index (Phi) is 1.57. The second-order valence-electron chi connectivity index (χ2n) is 4.15.